The number of benzene rings is 2. The summed E-state index contributed by atoms with van der Waals surface area (Å²) < 4.78 is 5.20. The average molecular weight is 355 g/mol. The molecule has 136 valence electrons. The molecule has 0 unspecified atom stereocenters. The molecule has 2 N–H and O–H groups in total. The van der Waals surface area contributed by atoms with Gasteiger partial charge in [0.1, 0.15) is 5.75 Å². The van der Waals surface area contributed by atoms with Crippen molar-refractivity contribution in [1.82, 2.24) is 4.90 Å². The molecule has 0 radical (unpaired) electrons. The van der Waals surface area contributed by atoms with Crippen LogP contribution in [0.5, 0.6) is 5.75 Å². The Kier molecular flexibility index (Phi) is 5.18. The zero-order valence-corrected chi connectivity index (χ0v) is 14.6. The van der Waals surface area contributed by atoms with E-state index in [1.807, 2.05) is 24.3 Å². The van der Waals surface area contributed by atoms with E-state index in [4.69, 9.17) is 10.5 Å². The summed E-state index contributed by atoms with van der Waals surface area (Å²) in [7, 11) is 1.63. The van der Waals surface area contributed by atoms with Crippen LogP contribution >= 0.6 is 0 Å². The maximum absolute atomic E-state index is 11.4. The average Bonchev–Trinajstić information content (AvgIpc) is 3.10. The number of primary amides is 1. The molecule has 2 aromatic rings. The largest absolute Gasteiger partial charge is 0.497 e. The number of nitrogens with two attached hydrogens (primary N) is 1. The van der Waals surface area contributed by atoms with Crippen molar-refractivity contribution >= 4 is 11.6 Å². The zero-order chi connectivity index (χ0) is 18.7. The summed E-state index contributed by atoms with van der Waals surface area (Å²) in [5.74, 6) is 0.132. The van der Waals surface area contributed by atoms with E-state index in [2.05, 4.69) is 4.90 Å². The van der Waals surface area contributed by atoms with E-state index in [0.29, 0.717) is 12.1 Å². The number of rotatable bonds is 6. The maximum Gasteiger partial charge on any atom is 0.274 e. The number of hydrogen-bond donors (Lipinski definition) is 1. The number of hydrogen-bond acceptors (Lipinski definition) is 5. The third kappa shape index (κ3) is 3.67. The normalized spacial score (nSPS) is 17.2. The third-order valence-electron chi connectivity index (χ3n) is 4.80. The Balaban J connectivity index is 1.85. The van der Waals surface area contributed by atoms with Crippen molar-refractivity contribution in [2.24, 2.45) is 5.73 Å². The first-order valence-corrected chi connectivity index (χ1v) is 8.44. The maximum atomic E-state index is 11.4. The van der Waals surface area contributed by atoms with Crippen LogP contribution in [0, 0.1) is 10.1 Å². The van der Waals surface area contributed by atoms with Gasteiger partial charge in [-0.25, -0.2) is 0 Å². The second-order valence-corrected chi connectivity index (χ2v) is 6.37. The summed E-state index contributed by atoms with van der Waals surface area (Å²) in [4.78, 5) is 24.5. The van der Waals surface area contributed by atoms with Gasteiger partial charge < -0.3 is 10.5 Å². The van der Waals surface area contributed by atoms with E-state index in [9.17, 15) is 14.9 Å². The minimum atomic E-state index is -0.670. The molecule has 3 rings (SSSR count). The lowest BCUT2D eigenvalue weighted by atomic mass is 10.0. The number of amides is 1. The zero-order valence-electron chi connectivity index (χ0n) is 14.6. The lowest BCUT2D eigenvalue weighted by Crippen LogP contribution is -2.23. The first-order chi connectivity index (χ1) is 12.5. The molecular weight excluding hydrogens is 334 g/mol. The molecule has 2 aromatic carbocycles. The van der Waals surface area contributed by atoms with Gasteiger partial charge in [0.25, 0.3) is 5.69 Å². The highest BCUT2D eigenvalue weighted by Crippen LogP contribution is 2.35. The standard InChI is InChI=1S/C19H21N3O4/c1-26-16-8-6-13(7-9-16)17-3-2-10-21(17)12-15-5-4-14(19(20)23)11-18(15)22(24)25/h4-9,11,17H,2-3,10,12H2,1H3,(H2,20,23)/t17-/m1/s1. The smallest absolute Gasteiger partial charge is 0.274 e. The summed E-state index contributed by atoms with van der Waals surface area (Å²) >= 11 is 0. The van der Waals surface area contributed by atoms with E-state index in [0.717, 1.165) is 25.1 Å². The number of nitro groups is 1. The van der Waals surface area contributed by atoms with E-state index in [-0.39, 0.29) is 17.3 Å². The SMILES string of the molecule is COc1ccc([C@H]2CCCN2Cc2ccc(C(N)=O)cc2[N+](=O)[O-])cc1. The van der Waals surface area contributed by atoms with Crippen molar-refractivity contribution in [3.63, 3.8) is 0 Å². The number of likely N-dealkylation sites (tertiary alicyclic amines) is 1. The number of nitro benzene ring substituents is 1. The number of ether oxygens (including phenoxy) is 1. The van der Waals surface area contributed by atoms with Crippen molar-refractivity contribution in [3.8, 4) is 5.75 Å². The van der Waals surface area contributed by atoms with Crippen molar-refractivity contribution < 1.29 is 14.5 Å². The molecule has 0 aromatic heterocycles. The molecule has 7 heteroatoms. The monoisotopic (exact) mass is 355 g/mol. The van der Waals surface area contributed by atoms with Crippen LogP contribution in [-0.2, 0) is 6.54 Å². The summed E-state index contributed by atoms with van der Waals surface area (Å²) in [6, 6.07) is 12.6. The summed E-state index contributed by atoms with van der Waals surface area (Å²) in [6.45, 7) is 1.32. The fourth-order valence-corrected chi connectivity index (χ4v) is 3.46. The van der Waals surface area contributed by atoms with Gasteiger partial charge in [0.05, 0.1) is 12.0 Å². The van der Waals surface area contributed by atoms with Gasteiger partial charge in [0, 0.05) is 29.8 Å². The van der Waals surface area contributed by atoms with Crippen LogP contribution in [0.15, 0.2) is 42.5 Å². The highest BCUT2D eigenvalue weighted by Gasteiger charge is 2.28. The fourth-order valence-electron chi connectivity index (χ4n) is 3.46. The van der Waals surface area contributed by atoms with E-state index in [1.54, 1.807) is 19.2 Å². The van der Waals surface area contributed by atoms with Gasteiger partial charge in [0.2, 0.25) is 5.91 Å². The van der Waals surface area contributed by atoms with Crippen LogP contribution in [0.2, 0.25) is 0 Å². The van der Waals surface area contributed by atoms with Gasteiger partial charge in [0.15, 0.2) is 0 Å². The first kappa shape index (κ1) is 17.9. The van der Waals surface area contributed by atoms with Gasteiger partial charge in [-0.1, -0.05) is 18.2 Å². The Hall–Kier alpha value is -2.93. The Morgan fingerprint density at radius 2 is 2.04 bits per heavy atom. The molecule has 1 aliphatic heterocycles. The quantitative estimate of drug-likeness (QED) is 0.634. The molecule has 1 saturated heterocycles. The minimum Gasteiger partial charge on any atom is -0.497 e. The fraction of sp³-hybridized carbons (Fsp3) is 0.316. The summed E-state index contributed by atoms with van der Waals surface area (Å²) in [5, 5.41) is 11.4. The van der Waals surface area contributed by atoms with E-state index < -0.39 is 10.8 Å². The Labute approximate surface area is 151 Å². The Morgan fingerprint density at radius 1 is 1.31 bits per heavy atom. The van der Waals surface area contributed by atoms with Crippen molar-refractivity contribution in [2.45, 2.75) is 25.4 Å². The molecular formula is C19H21N3O4. The molecule has 1 amide bonds. The summed E-state index contributed by atoms with van der Waals surface area (Å²) in [6.07, 6.45) is 2.03. The van der Waals surface area contributed by atoms with Crippen LogP contribution < -0.4 is 10.5 Å². The second kappa shape index (κ2) is 7.53. The lowest BCUT2D eigenvalue weighted by molar-refractivity contribution is -0.385. The summed E-state index contributed by atoms with van der Waals surface area (Å²) in [5.41, 5.74) is 7.07. The molecule has 0 spiro atoms. The van der Waals surface area contributed by atoms with Crippen LogP contribution in [0.25, 0.3) is 0 Å². The van der Waals surface area contributed by atoms with Gasteiger partial charge in [-0.3, -0.25) is 19.8 Å². The Morgan fingerprint density at radius 3 is 2.65 bits per heavy atom. The van der Waals surface area contributed by atoms with Gasteiger partial charge in [-0.05, 0) is 43.1 Å². The van der Waals surface area contributed by atoms with Crippen LogP contribution in [0.1, 0.15) is 40.4 Å². The van der Waals surface area contributed by atoms with Crippen LogP contribution in [-0.4, -0.2) is 29.4 Å². The van der Waals surface area contributed by atoms with Gasteiger partial charge in [-0.2, -0.15) is 0 Å². The predicted octanol–water partition coefficient (Wildman–Crippen LogP) is 3.04. The molecule has 0 aliphatic carbocycles. The van der Waals surface area contributed by atoms with Crippen LogP contribution in [0.4, 0.5) is 5.69 Å². The molecule has 1 aliphatic rings. The molecule has 1 heterocycles. The number of nitrogens with zero attached hydrogens (tertiary/aromatic N) is 2. The Bertz CT molecular complexity index is 820. The highest BCUT2D eigenvalue weighted by molar-refractivity contribution is 5.93. The highest BCUT2D eigenvalue weighted by atomic mass is 16.6. The predicted molar refractivity (Wildman–Crippen MR) is 97.0 cm³/mol. The van der Waals surface area contributed by atoms with Gasteiger partial charge >= 0.3 is 0 Å². The van der Waals surface area contributed by atoms with Crippen LogP contribution in [0.3, 0.4) is 0 Å². The lowest BCUT2D eigenvalue weighted by Gasteiger charge is -2.25. The molecule has 0 bridgehead atoms. The topological polar surface area (TPSA) is 98.7 Å². The number of methoxy groups -OCH3 is 1. The minimum absolute atomic E-state index is 0.0679. The molecule has 26 heavy (non-hydrogen) atoms. The van der Waals surface area contributed by atoms with Crippen molar-refractivity contribution in [3.05, 3.63) is 69.3 Å². The van der Waals surface area contributed by atoms with Gasteiger partial charge in [-0.15, -0.1) is 0 Å². The van der Waals surface area contributed by atoms with Crippen molar-refractivity contribution in [2.75, 3.05) is 13.7 Å². The molecule has 7 nitrogen and oxygen atoms in total. The molecule has 1 atom stereocenters. The number of carbonyl (C=O) groups excluding carboxylic acids is 1. The third-order valence-corrected chi connectivity index (χ3v) is 4.80. The first-order valence-electron chi connectivity index (χ1n) is 8.44. The number of carbonyl (C=O) groups is 1. The van der Waals surface area contributed by atoms with Crippen molar-refractivity contribution in [1.29, 1.82) is 0 Å². The second-order valence-electron chi connectivity index (χ2n) is 6.37. The molecule has 0 saturated carbocycles. The van der Waals surface area contributed by atoms with E-state index >= 15 is 0 Å². The van der Waals surface area contributed by atoms with E-state index in [1.165, 1.54) is 11.6 Å². The molecule has 1 fully saturated rings.